The highest BCUT2D eigenvalue weighted by atomic mass is 32.5. The van der Waals surface area contributed by atoms with Gasteiger partial charge in [-0.25, -0.2) is 0 Å². The maximum atomic E-state index is 9.89. The third kappa shape index (κ3) is 4.96. The van der Waals surface area contributed by atoms with Gasteiger partial charge in [-0.1, -0.05) is 12.2 Å². The topological polar surface area (TPSA) is 69.2 Å². The average molecular weight is 343 g/mol. The van der Waals surface area contributed by atoms with Crippen LogP contribution in [0, 0.1) is 5.92 Å². The molecule has 1 fully saturated rings. The molecule has 1 saturated carbocycles. The maximum Gasteiger partial charge on any atom is 0.324 e. The lowest BCUT2D eigenvalue weighted by Gasteiger charge is -2.28. The Hall–Kier alpha value is 0.340. The van der Waals surface area contributed by atoms with E-state index in [1.165, 1.54) is 7.11 Å². The largest absolute Gasteiger partial charge is 0.384 e. The fourth-order valence-electron chi connectivity index (χ4n) is 2.51. The summed E-state index contributed by atoms with van der Waals surface area (Å²) >= 11 is 10.0. The molecule has 9 heteroatoms. The molecule has 2 N–H and O–H groups in total. The summed E-state index contributed by atoms with van der Waals surface area (Å²) in [5.74, 6) is 0.0430. The first-order valence-electron chi connectivity index (χ1n) is 6.20. The highest BCUT2D eigenvalue weighted by Gasteiger charge is 2.46. The van der Waals surface area contributed by atoms with Crippen LogP contribution in [-0.4, -0.2) is 56.1 Å². The molecule has 0 spiro atoms. The number of hydrogen-bond acceptors (Lipinski definition) is 6. The molecule has 1 aliphatic rings. The molecule has 6 nitrogen and oxygen atoms in total. The van der Waals surface area contributed by atoms with Gasteiger partial charge in [-0.3, -0.25) is 0 Å². The monoisotopic (exact) mass is 343 g/mol. The number of thiocarbonyl (C=S) groups is 1. The van der Waals surface area contributed by atoms with Crippen molar-refractivity contribution in [1.29, 1.82) is 0 Å². The molecule has 0 aromatic carbocycles. The Labute approximate surface area is 130 Å². The van der Waals surface area contributed by atoms with Crippen molar-refractivity contribution in [2.75, 3.05) is 27.9 Å². The van der Waals surface area contributed by atoms with Gasteiger partial charge in [0.05, 0.1) is 17.6 Å². The average Bonchev–Trinajstić information content (AvgIpc) is 2.66. The fourth-order valence-corrected chi connectivity index (χ4v) is 3.65. The molecule has 0 radical (unpaired) electrons. The van der Waals surface area contributed by atoms with Crippen LogP contribution in [0.15, 0.2) is 0 Å². The van der Waals surface area contributed by atoms with E-state index in [1.54, 1.807) is 14.2 Å². The van der Waals surface area contributed by atoms with Crippen LogP contribution in [0.3, 0.4) is 0 Å². The van der Waals surface area contributed by atoms with E-state index in [4.69, 9.17) is 42.5 Å². The van der Waals surface area contributed by atoms with Gasteiger partial charge >= 0.3 is 6.72 Å². The summed E-state index contributed by atoms with van der Waals surface area (Å²) in [6.07, 6.45) is 0.0737. The van der Waals surface area contributed by atoms with Crippen molar-refractivity contribution in [3.05, 3.63) is 0 Å². The number of methoxy groups -OCH3 is 2. The second-order valence-electron chi connectivity index (χ2n) is 4.68. The summed E-state index contributed by atoms with van der Waals surface area (Å²) < 4.78 is 21.2. The van der Waals surface area contributed by atoms with Crippen LogP contribution in [0.1, 0.15) is 13.3 Å². The van der Waals surface area contributed by atoms with Crippen molar-refractivity contribution >= 4 is 35.7 Å². The van der Waals surface area contributed by atoms with E-state index in [0.717, 1.165) is 6.42 Å². The molecule has 0 heterocycles. The molecule has 0 aliphatic heterocycles. The molecular formula is C11H22NO5PS2. The molecule has 0 aromatic heterocycles. The molecule has 1 aliphatic carbocycles. The van der Waals surface area contributed by atoms with E-state index >= 15 is 0 Å². The van der Waals surface area contributed by atoms with Crippen LogP contribution in [0.4, 0.5) is 0 Å². The summed E-state index contributed by atoms with van der Waals surface area (Å²) in [5.41, 5.74) is 0. The second kappa shape index (κ2) is 8.10. The van der Waals surface area contributed by atoms with Gasteiger partial charge < -0.3 is 28.7 Å². The minimum absolute atomic E-state index is 0.00509. The van der Waals surface area contributed by atoms with E-state index in [-0.39, 0.29) is 18.1 Å². The van der Waals surface area contributed by atoms with Crippen molar-refractivity contribution in [1.82, 2.24) is 5.32 Å². The Morgan fingerprint density at radius 3 is 2.45 bits per heavy atom. The van der Waals surface area contributed by atoms with Crippen molar-refractivity contribution in [3.8, 4) is 0 Å². The molecule has 1 rings (SSSR count). The lowest BCUT2D eigenvalue weighted by atomic mass is 10.1. The Morgan fingerprint density at radius 2 is 2.00 bits per heavy atom. The minimum Gasteiger partial charge on any atom is -0.384 e. The van der Waals surface area contributed by atoms with E-state index < -0.39 is 12.8 Å². The lowest BCUT2D eigenvalue weighted by molar-refractivity contribution is -0.0206. The van der Waals surface area contributed by atoms with Crippen LogP contribution in [0.2, 0.25) is 0 Å². The predicted molar refractivity (Wildman–Crippen MR) is 84.4 cm³/mol. The Kier molecular flexibility index (Phi) is 7.45. The van der Waals surface area contributed by atoms with E-state index in [0.29, 0.717) is 11.6 Å². The molecular weight excluding hydrogens is 321 g/mol. The fraction of sp³-hybridized carbons (Fsp3) is 0.909. The van der Waals surface area contributed by atoms with Crippen LogP contribution in [0.25, 0.3) is 0 Å². The Bertz CT molecular complexity index is 384. The summed E-state index contributed by atoms with van der Waals surface area (Å²) in [6.45, 7) is -0.961. The summed E-state index contributed by atoms with van der Waals surface area (Å²) in [6, 6.07) is -0.00509. The van der Waals surface area contributed by atoms with Gasteiger partial charge in [-0.05, 0) is 25.2 Å². The van der Waals surface area contributed by atoms with Crippen molar-refractivity contribution in [2.45, 2.75) is 31.6 Å². The van der Waals surface area contributed by atoms with Crippen molar-refractivity contribution < 1.29 is 23.4 Å². The maximum absolute atomic E-state index is 9.89. The van der Waals surface area contributed by atoms with Crippen molar-refractivity contribution in [2.24, 2.45) is 5.92 Å². The van der Waals surface area contributed by atoms with Crippen LogP contribution in [-0.2, 0) is 30.3 Å². The lowest BCUT2D eigenvalue weighted by Crippen LogP contribution is -2.43. The van der Waals surface area contributed by atoms with Gasteiger partial charge in [0, 0.05) is 27.2 Å². The van der Waals surface area contributed by atoms with Gasteiger partial charge in [-0.15, -0.1) is 0 Å². The number of ether oxygens (including phenoxy) is 2. The molecule has 0 bridgehead atoms. The van der Waals surface area contributed by atoms with E-state index in [1.807, 2.05) is 6.92 Å². The third-order valence-corrected chi connectivity index (χ3v) is 5.06. The van der Waals surface area contributed by atoms with Gasteiger partial charge in [0.15, 0.2) is 0 Å². The quantitative estimate of drug-likeness (QED) is 0.528. The molecule has 2 unspecified atom stereocenters. The van der Waals surface area contributed by atoms with Crippen LogP contribution >= 0.6 is 18.9 Å². The zero-order valence-corrected chi connectivity index (χ0v) is 14.6. The van der Waals surface area contributed by atoms with E-state index in [2.05, 4.69) is 5.32 Å². The van der Waals surface area contributed by atoms with Gasteiger partial charge in [0.25, 0.3) is 0 Å². The molecule has 0 amide bonds. The predicted octanol–water partition coefficient (Wildman–Crippen LogP) is 1.22. The van der Waals surface area contributed by atoms with Gasteiger partial charge in [0.1, 0.15) is 12.2 Å². The zero-order chi connectivity index (χ0) is 15.3. The highest BCUT2D eigenvalue weighted by molar-refractivity contribution is 8.07. The molecule has 118 valence electrons. The summed E-state index contributed by atoms with van der Waals surface area (Å²) in [7, 11) is 4.55. The summed E-state index contributed by atoms with van der Waals surface area (Å²) in [5, 5.41) is 3.19. The van der Waals surface area contributed by atoms with Crippen LogP contribution in [0.5, 0.6) is 0 Å². The first-order valence-corrected chi connectivity index (χ1v) is 9.20. The zero-order valence-electron chi connectivity index (χ0n) is 12.1. The summed E-state index contributed by atoms with van der Waals surface area (Å²) in [4.78, 5) is 10.6. The van der Waals surface area contributed by atoms with Gasteiger partial charge in [-0.2, -0.15) is 0 Å². The SMILES string of the molecule is COC[C@H]1C[C@@H](NC(C)=S)[C@@H](OC)C1OP(O)(=S)OC. The normalized spacial score (nSPS) is 32.9. The molecule has 20 heavy (non-hydrogen) atoms. The van der Waals surface area contributed by atoms with Crippen LogP contribution < -0.4 is 5.32 Å². The van der Waals surface area contributed by atoms with Crippen molar-refractivity contribution in [3.63, 3.8) is 0 Å². The second-order valence-corrected chi connectivity index (χ2v) is 8.19. The smallest absolute Gasteiger partial charge is 0.324 e. The Morgan fingerprint density at radius 1 is 1.35 bits per heavy atom. The highest BCUT2D eigenvalue weighted by Crippen LogP contribution is 2.48. The third-order valence-electron chi connectivity index (χ3n) is 3.27. The molecule has 0 saturated heterocycles. The first kappa shape index (κ1) is 18.4. The number of rotatable bonds is 7. The number of hydrogen-bond donors (Lipinski definition) is 2. The number of nitrogens with one attached hydrogen (secondary N) is 1. The first-order chi connectivity index (χ1) is 9.34. The molecule has 0 aromatic rings. The van der Waals surface area contributed by atoms with Gasteiger partial charge in [0.2, 0.25) is 0 Å². The van der Waals surface area contributed by atoms with E-state index in [9.17, 15) is 4.89 Å². The standard InChI is InChI=1S/C11H22NO5PS2/c1-7(19)12-9-5-8(6-14-2)10(11(9)15-3)17-18(13,20)16-4/h8-11H,5-6H2,1-4H3,(H,12,19)(H,13,20)/t8-,9-,10?,11-,18?/m1/s1. The molecule has 5 atom stereocenters. The Balaban J connectivity index is 2.89. The minimum atomic E-state index is -3.26.